The Morgan fingerprint density at radius 3 is 2.39 bits per heavy atom. The Morgan fingerprint density at radius 1 is 1.28 bits per heavy atom. The molecule has 0 aromatic carbocycles. The summed E-state index contributed by atoms with van der Waals surface area (Å²) in [4.78, 5) is 4.12. The molecule has 0 aliphatic heterocycles. The first-order chi connectivity index (χ1) is 8.55. The Morgan fingerprint density at radius 2 is 1.94 bits per heavy atom. The SMILES string of the molecule is COOSC(F)C(F)(F)C1CC2CCC1C2.OF. The van der Waals surface area contributed by atoms with Gasteiger partial charge in [0.05, 0.1) is 19.2 Å². The van der Waals surface area contributed by atoms with Crippen LogP contribution in [0.2, 0.25) is 0 Å². The first-order valence-electron chi connectivity index (χ1n) is 5.60. The van der Waals surface area contributed by atoms with E-state index < -0.39 is 17.3 Å². The lowest BCUT2D eigenvalue weighted by atomic mass is 9.84. The van der Waals surface area contributed by atoms with E-state index in [4.69, 9.17) is 9.84 Å². The van der Waals surface area contributed by atoms with Crippen LogP contribution in [-0.4, -0.2) is 23.8 Å². The number of fused-ring (bicyclic) bond motifs is 2. The van der Waals surface area contributed by atoms with Crippen LogP contribution >= 0.6 is 12.0 Å². The molecule has 4 atom stereocenters. The highest BCUT2D eigenvalue weighted by atomic mass is 32.2. The summed E-state index contributed by atoms with van der Waals surface area (Å²) in [6.45, 7) is 0. The highest BCUT2D eigenvalue weighted by Crippen LogP contribution is 2.55. The molecule has 1 N–H and O–H groups in total. The Balaban J connectivity index is 0.000000771. The van der Waals surface area contributed by atoms with Crippen molar-refractivity contribution in [2.75, 3.05) is 7.11 Å². The average Bonchev–Trinajstić information content (AvgIpc) is 3.00. The maximum Gasteiger partial charge on any atom is 0.293 e. The molecule has 2 bridgehead atoms. The molecule has 4 unspecified atom stereocenters. The fourth-order valence-electron chi connectivity index (χ4n) is 3.02. The van der Waals surface area contributed by atoms with Gasteiger partial charge in [-0.2, -0.15) is 4.33 Å². The maximum absolute atomic E-state index is 13.8. The van der Waals surface area contributed by atoms with Crippen LogP contribution in [0.3, 0.4) is 0 Å². The summed E-state index contributed by atoms with van der Waals surface area (Å²) < 4.78 is 53.6. The zero-order chi connectivity index (χ0) is 13.8. The maximum atomic E-state index is 13.8. The molecule has 0 amide bonds. The molecule has 0 aromatic rings. The molecule has 0 saturated heterocycles. The van der Waals surface area contributed by atoms with Crippen molar-refractivity contribution in [1.29, 1.82) is 0 Å². The van der Waals surface area contributed by atoms with Gasteiger partial charge in [0.15, 0.2) is 0 Å². The van der Waals surface area contributed by atoms with Gasteiger partial charge >= 0.3 is 0 Å². The van der Waals surface area contributed by atoms with E-state index in [9.17, 15) is 13.2 Å². The van der Waals surface area contributed by atoms with Crippen molar-refractivity contribution >= 4 is 12.0 Å². The van der Waals surface area contributed by atoms with Crippen molar-refractivity contribution in [2.45, 2.75) is 37.1 Å². The van der Waals surface area contributed by atoms with Gasteiger partial charge in [-0.05, 0) is 31.1 Å². The molecule has 8 heteroatoms. The van der Waals surface area contributed by atoms with Crippen molar-refractivity contribution in [1.82, 2.24) is 0 Å². The number of rotatable bonds is 5. The van der Waals surface area contributed by atoms with Crippen molar-refractivity contribution < 1.29 is 32.2 Å². The molecule has 0 heterocycles. The Hall–Kier alpha value is -0.0500. The molecule has 2 fully saturated rings. The summed E-state index contributed by atoms with van der Waals surface area (Å²) in [5.41, 5.74) is -2.35. The topological polar surface area (TPSA) is 38.7 Å². The van der Waals surface area contributed by atoms with E-state index in [2.05, 4.69) is 9.22 Å². The predicted octanol–water partition coefficient (Wildman–Crippen LogP) is 3.44. The van der Waals surface area contributed by atoms with Crippen LogP contribution < -0.4 is 0 Å². The zero-order valence-electron chi connectivity index (χ0n) is 9.82. The van der Waals surface area contributed by atoms with Gasteiger partial charge < -0.3 is 0 Å². The monoisotopic (exact) mass is 292 g/mol. The minimum atomic E-state index is -3.32. The van der Waals surface area contributed by atoms with E-state index in [1.54, 1.807) is 0 Å². The molecule has 2 saturated carbocycles. The van der Waals surface area contributed by atoms with Crippen LogP contribution in [0.15, 0.2) is 0 Å². The quantitative estimate of drug-likeness (QED) is 0.364. The summed E-state index contributed by atoms with van der Waals surface area (Å²) in [5.74, 6) is -3.78. The molecule has 0 spiro atoms. The highest BCUT2D eigenvalue weighted by Gasteiger charge is 2.57. The lowest BCUT2D eigenvalue weighted by Crippen LogP contribution is -2.39. The van der Waals surface area contributed by atoms with E-state index >= 15 is 0 Å². The number of alkyl halides is 3. The fourth-order valence-corrected chi connectivity index (χ4v) is 3.47. The summed E-state index contributed by atoms with van der Waals surface area (Å²) in [5, 5.41) is 5.50. The summed E-state index contributed by atoms with van der Waals surface area (Å²) in [7, 11) is 1.16. The molecule has 2 rings (SSSR count). The van der Waals surface area contributed by atoms with Crippen LogP contribution in [0, 0.1) is 17.8 Å². The number of hydrogen-bond acceptors (Lipinski definition) is 4. The van der Waals surface area contributed by atoms with Crippen LogP contribution in [-0.2, 0) is 9.22 Å². The van der Waals surface area contributed by atoms with Crippen LogP contribution in [0.4, 0.5) is 17.7 Å². The van der Waals surface area contributed by atoms with Gasteiger partial charge in [-0.3, -0.25) is 0 Å². The first-order valence-corrected chi connectivity index (χ1v) is 6.41. The average molecular weight is 292 g/mol. The fraction of sp³-hybridized carbons (Fsp3) is 1.00. The normalized spacial score (nSPS) is 32.0. The molecular formula is C10H16F4O3S. The van der Waals surface area contributed by atoms with E-state index in [0.717, 1.165) is 26.4 Å². The molecule has 108 valence electrons. The third kappa shape index (κ3) is 3.28. The van der Waals surface area contributed by atoms with Crippen molar-refractivity contribution in [3.63, 3.8) is 0 Å². The van der Waals surface area contributed by atoms with Crippen molar-refractivity contribution in [3.05, 3.63) is 0 Å². The van der Waals surface area contributed by atoms with Crippen LogP contribution in [0.1, 0.15) is 25.7 Å². The third-order valence-corrected chi connectivity index (χ3v) is 4.42. The second-order valence-corrected chi connectivity index (χ2v) is 5.35. The number of hydrogen-bond donors (Lipinski definition) is 1. The highest BCUT2D eigenvalue weighted by molar-refractivity contribution is 7.95. The predicted molar refractivity (Wildman–Crippen MR) is 57.8 cm³/mol. The second kappa shape index (κ2) is 6.93. The molecule has 18 heavy (non-hydrogen) atoms. The van der Waals surface area contributed by atoms with E-state index in [1.807, 2.05) is 0 Å². The van der Waals surface area contributed by atoms with Crippen LogP contribution in [0.25, 0.3) is 0 Å². The van der Waals surface area contributed by atoms with E-state index in [-0.39, 0.29) is 18.0 Å². The third-order valence-electron chi connectivity index (χ3n) is 3.73. The zero-order valence-corrected chi connectivity index (χ0v) is 10.6. The Bertz CT molecular complexity index is 257. The molecule has 2 aliphatic rings. The molecular weight excluding hydrogens is 276 g/mol. The van der Waals surface area contributed by atoms with Gasteiger partial charge in [-0.25, -0.2) is 23.4 Å². The molecule has 2 aliphatic carbocycles. The van der Waals surface area contributed by atoms with Gasteiger partial charge in [-0.15, -0.1) is 0 Å². The Labute approximate surface area is 107 Å². The van der Waals surface area contributed by atoms with Crippen molar-refractivity contribution in [3.8, 4) is 0 Å². The minimum absolute atomic E-state index is 0.0126. The lowest BCUT2D eigenvalue weighted by Gasteiger charge is -2.31. The van der Waals surface area contributed by atoms with E-state index in [1.165, 1.54) is 0 Å². The summed E-state index contributed by atoms with van der Waals surface area (Å²) in [6.07, 6.45) is 3.12. The van der Waals surface area contributed by atoms with Crippen molar-refractivity contribution in [2.24, 2.45) is 17.8 Å². The molecule has 0 aromatic heterocycles. The van der Waals surface area contributed by atoms with Gasteiger partial charge in [0.2, 0.25) is 5.50 Å². The number of halogens is 4. The molecule has 3 nitrogen and oxygen atoms in total. The first kappa shape index (κ1) is 16.0. The second-order valence-electron chi connectivity index (χ2n) is 4.60. The smallest absolute Gasteiger partial charge is 0.228 e. The van der Waals surface area contributed by atoms with Gasteiger partial charge in [-0.1, -0.05) is 10.9 Å². The largest absolute Gasteiger partial charge is 0.293 e. The standard InChI is InChI=1S/C10H15F3O2S.FHO/c1-14-15-16-9(11)10(12,13)8-5-6-2-3-7(8)4-6;1-2/h6-9H,2-5H2,1H3;2H. The minimum Gasteiger partial charge on any atom is -0.228 e. The van der Waals surface area contributed by atoms with E-state index in [0.29, 0.717) is 12.3 Å². The van der Waals surface area contributed by atoms with Crippen LogP contribution in [0.5, 0.6) is 0 Å². The Kier molecular flexibility index (Phi) is 6.16. The summed E-state index contributed by atoms with van der Waals surface area (Å²) >= 11 is 0.0587. The molecule has 0 radical (unpaired) electrons. The van der Waals surface area contributed by atoms with Gasteiger partial charge in [0.25, 0.3) is 5.92 Å². The summed E-state index contributed by atoms with van der Waals surface area (Å²) in [6, 6.07) is 0. The van der Waals surface area contributed by atoms with Gasteiger partial charge in [0.1, 0.15) is 0 Å². The van der Waals surface area contributed by atoms with Gasteiger partial charge in [0, 0.05) is 5.92 Å². The lowest BCUT2D eigenvalue weighted by molar-refractivity contribution is -0.168.